The van der Waals surface area contributed by atoms with Crippen molar-refractivity contribution in [2.45, 2.75) is 38.4 Å². The third-order valence-corrected chi connectivity index (χ3v) is 2.37. The molecular weight excluding hydrogens is 215 g/mol. The zero-order chi connectivity index (χ0) is 12.2. The fraction of sp³-hybridized carbons (Fsp3) is 0.500. The lowest BCUT2D eigenvalue weighted by Crippen LogP contribution is -2.20. The fourth-order valence-corrected chi connectivity index (χ4v) is 1.64. The molecule has 16 heavy (non-hydrogen) atoms. The summed E-state index contributed by atoms with van der Waals surface area (Å²) in [7, 11) is 0. The highest BCUT2D eigenvalue weighted by molar-refractivity contribution is 5.26. The maximum absolute atomic E-state index is 12.2. The molecule has 1 aromatic carbocycles. The second kappa shape index (κ2) is 5.34. The second-order valence-corrected chi connectivity index (χ2v) is 3.92. The van der Waals surface area contributed by atoms with Gasteiger partial charge in [-0.25, -0.2) is 0 Å². The van der Waals surface area contributed by atoms with Gasteiger partial charge in [-0.1, -0.05) is 37.6 Å². The van der Waals surface area contributed by atoms with Crippen molar-refractivity contribution in [3.8, 4) is 0 Å². The quantitative estimate of drug-likeness (QED) is 0.841. The summed E-state index contributed by atoms with van der Waals surface area (Å²) in [5.41, 5.74) is 7.12. The van der Waals surface area contributed by atoms with Crippen LogP contribution in [0.1, 0.15) is 36.9 Å². The van der Waals surface area contributed by atoms with E-state index in [1.807, 2.05) is 13.0 Å². The van der Waals surface area contributed by atoms with Gasteiger partial charge in [0.05, 0.1) is 6.42 Å². The summed E-state index contributed by atoms with van der Waals surface area (Å²) in [4.78, 5) is 0. The number of halogens is 3. The molecule has 0 fully saturated rings. The molecule has 0 saturated heterocycles. The molecule has 1 rings (SSSR count). The molecule has 2 N–H and O–H groups in total. The highest BCUT2D eigenvalue weighted by Gasteiger charge is 2.30. The van der Waals surface area contributed by atoms with Crippen molar-refractivity contribution in [3.05, 3.63) is 35.4 Å². The van der Waals surface area contributed by atoms with Crippen molar-refractivity contribution in [3.63, 3.8) is 0 Å². The summed E-state index contributed by atoms with van der Waals surface area (Å²) >= 11 is 0. The van der Waals surface area contributed by atoms with Crippen LogP contribution in [-0.2, 0) is 6.42 Å². The summed E-state index contributed by atoms with van der Waals surface area (Å²) in [6.45, 7) is 2.03. The molecule has 0 amide bonds. The van der Waals surface area contributed by atoms with Crippen molar-refractivity contribution >= 4 is 0 Å². The smallest absolute Gasteiger partial charge is 0.324 e. The van der Waals surface area contributed by atoms with Gasteiger partial charge in [-0.3, -0.25) is 0 Å². The number of hydrogen-bond donors (Lipinski definition) is 1. The van der Waals surface area contributed by atoms with Crippen molar-refractivity contribution < 1.29 is 13.2 Å². The van der Waals surface area contributed by atoms with Crippen LogP contribution in [0, 0.1) is 0 Å². The van der Waals surface area contributed by atoms with E-state index in [1.54, 1.807) is 18.2 Å². The Kier molecular flexibility index (Phi) is 4.35. The average Bonchev–Trinajstić information content (AvgIpc) is 2.16. The monoisotopic (exact) mass is 231 g/mol. The number of rotatable bonds is 4. The van der Waals surface area contributed by atoms with Gasteiger partial charge in [0.15, 0.2) is 0 Å². The van der Waals surface area contributed by atoms with Crippen LogP contribution >= 0.6 is 0 Å². The summed E-state index contributed by atoms with van der Waals surface area (Å²) in [5.74, 6) is 0. The lowest BCUT2D eigenvalue weighted by atomic mass is 10.0. The van der Waals surface area contributed by atoms with E-state index in [0.29, 0.717) is 5.56 Å². The largest absolute Gasteiger partial charge is 0.390 e. The fourth-order valence-electron chi connectivity index (χ4n) is 1.64. The molecule has 0 heterocycles. The first-order valence-electron chi connectivity index (χ1n) is 5.33. The Bertz CT molecular complexity index is 333. The first-order chi connectivity index (χ1) is 7.42. The third-order valence-electron chi connectivity index (χ3n) is 2.37. The van der Waals surface area contributed by atoms with E-state index >= 15 is 0 Å². The minimum atomic E-state index is -4.21. The molecule has 0 aliphatic carbocycles. The minimum absolute atomic E-state index is 0.559. The lowest BCUT2D eigenvalue weighted by Gasteiger charge is -2.15. The number of hydrogen-bond acceptors (Lipinski definition) is 1. The topological polar surface area (TPSA) is 26.0 Å². The molecule has 0 radical (unpaired) electrons. The zero-order valence-corrected chi connectivity index (χ0v) is 9.22. The summed E-state index contributed by atoms with van der Waals surface area (Å²) < 4.78 is 36.5. The molecule has 90 valence electrons. The van der Waals surface area contributed by atoms with E-state index in [0.717, 1.165) is 18.4 Å². The molecule has 0 aliphatic rings. The standard InChI is InChI=1S/C12H16F3N/c1-2-4-9-5-3-6-10(7-9)11(16)8-12(13,14)15/h3,5-7,11H,2,4,8,16H2,1H3. The van der Waals surface area contributed by atoms with Gasteiger partial charge in [0.1, 0.15) is 0 Å². The van der Waals surface area contributed by atoms with Crippen LogP contribution in [0.3, 0.4) is 0 Å². The van der Waals surface area contributed by atoms with Crippen molar-refractivity contribution in [2.24, 2.45) is 5.73 Å². The van der Waals surface area contributed by atoms with Crippen molar-refractivity contribution in [2.75, 3.05) is 0 Å². The van der Waals surface area contributed by atoms with Crippen LogP contribution in [0.25, 0.3) is 0 Å². The summed E-state index contributed by atoms with van der Waals surface area (Å²) in [6, 6.07) is 6.12. The summed E-state index contributed by atoms with van der Waals surface area (Å²) in [6.07, 6.45) is -3.34. The van der Waals surface area contributed by atoms with Crippen LogP contribution < -0.4 is 5.73 Å². The maximum Gasteiger partial charge on any atom is 0.390 e. The van der Waals surface area contributed by atoms with Gasteiger partial charge in [-0.05, 0) is 17.5 Å². The van der Waals surface area contributed by atoms with Gasteiger partial charge < -0.3 is 5.73 Å². The molecule has 1 atom stereocenters. The minimum Gasteiger partial charge on any atom is -0.324 e. The molecule has 0 bridgehead atoms. The molecule has 0 saturated carbocycles. The Morgan fingerprint density at radius 3 is 2.56 bits per heavy atom. The van der Waals surface area contributed by atoms with Gasteiger partial charge in [0.25, 0.3) is 0 Å². The van der Waals surface area contributed by atoms with Gasteiger partial charge in [0.2, 0.25) is 0 Å². The first-order valence-corrected chi connectivity index (χ1v) is 5.33. The first kappa shape index (κ1) is 13.0. The van der Waals surface area contributed by atoms with Gasteiger partial charge >= 0.3 is 6.18 Å². The van der Waals surface area contributed by atoms with E-state index in [-0.39, 0.29) is 0 Å². The van der Waals surface area contributed by atoms with Gasteiger partial charge in [0, 0.05) is 6.04 Å². The average molecular weight is 231 g/mol. The third kappa shape index (κ3) is 4.23. The molecule has 1 nitrogen and oxygen atoms in total. The highest BCUT2D eigenvalue weighted by Crippen LogP contribution is 2.28. The number of benzene rings is 1. The van der Waals surface area contributed by atoms with E-state index < -0.39 is 18.6 Å². The normalized spacial score (nSPS) is 13.8. The maximum atomic E-state index is 12.2. The molecule has 0 aliphatic heterocycles. The molecule has 1 unspecified atom stereocenters. The predicted molar refractivity (Wildman–Crippen MR) is 58.0 cm³/mol. The molecule has 4 heteroatoms. The Hall–Kier alpha value is -1.03. The predicted octanol–water partition coefficient (Wildman–Crippen LogP) is 3.59. The van der Waals surface area contributed by atoms with Crippen molar-refractivity contribution in [1.82, 2.24) is 0 Å². The number of nitrogens with two attached hydrogens (primary N) is 1. The lowest BCUT2D eigenvalue weighted by molar-refractivity contribution is -0.138. The Balaban J connectivity index is 2.75. The van der Waals surface area contributed by atoms with Gasteiger partial charge in [-0.2, -0.15) is 13.2 Å². The van der Waals surface area contributed by atoms with Crippen LogP contribution in [0.2, 0.25) is 0 Å². The SMILES string of the molecule is CCCc1cccc(C(N)CC(F)(F)F)c1. The van der Waals surface area contributed by atoms with E-state index in [9.17, 15) is 13.2 Å². The Morgan fingerprint density at radius 1 is 1.31 bits per heavy atom. The molecule has 0 aromatic heterocycles. The molecule has 0 spiro atoms. The van der Waals surface area contributed by atoms with Crippen molar-refractivity contribution in [1.29, 1.82) is 0 Å². The van der Waals surface area contributed by atoms with Crippen LogP contribution in [0.4, 0.5) is 13.2 Å². The van der Waals surface area contributed by atoms with Crippen LogP contribution in [0.15, 0.2) is 24.3 Å². The zero-order valence-electron chi connectivity index (χ0n) is 9.22. The Labute approximate surface area is 93.5 Å². The van der Waals surface area contributed by atoms with Crippen LogP contribution in [0.5, 0.6) is 0 Å². The van der Waals surface area contributed by atoms with E-state index in [2.05, 4.69) is 0 Å². The Morgan fingerprint density at radius 2 is 2.00 bits per heavy atom. The molecular formula is C12H16F3N. The second-order valence-electron chi connectivity index (χ2n) is 3.92. The number of alkyl halides is 3. The highest BCUT2D eigenvalue weighted by atomic mass is 19.4. The summed E-state index contributed by atoms with van der Waals surface area (Å²) in [5, 5.41) is 0. The van der Waals surface area contributed by atoms with Crippen LogP contribution in [-0.4, -0.2) is 6.18 Å². The van der Waals surface area contributed by atoms with Gasteiger partial charge in [-0.15, -0.1) is 0 Å². The van der Waals surface area contributed by atoms with E-state index in [4.69, 9.17) is 5.73 Å². The van der Waals surface area contributed by atoms with E-state index in [1.165, 1.54) is 0 Å². The number of aryl methyl sites for hydroxylation is 1. The molecule has 1 aromatic rings.